The zero-order valence-electron chi connectivity index (χ0n) is 28.1. The van der Waals surface area contributed by atoms with Gasteiger partial charge in [0.1, 0.15) is 16.8 Å². The van der Waals surface area contributed by atoms with Crippen molar-refractivity contribution in [3.8, 4) is 11.1 Å². The molecule has 48 heavy (non-hydrogen) atoms. The van der Waals surface area contributed by atoms with Crippen LogP contribution < -0.4 is 0 Å². The number of ketones is 1. The lowest BCUT2D eigenvalue weighted by Gasteiger charge is -2.25. The zero-order chi connectivity index (χ0) is 35.1. The summed E-state index contributed by atoms with van der Waals surface area (Å²) in [6.07, 6.45) is 0.0859. The Morgan fingerprint density at radius 2 is 1.54 bits per heavy atom. The van der Waals surface area contributed by atoms with Gasteiger partial charge in [-0.2, -0.15) is 4.31 Å². The van der Waals surface area contributed by atoms with Crippen LogP contribution in [-0.4, -0.2) is 60.3 Å². The van der Waals surface area contributed by atoms with Crippen molar-refractivity contribution in [3.63, 3.8) is 0 Å². The normalized spacial score (nSPS) is 16.8. The molecule has 3 aromatic carbocycles. The van der Waals surface area contributed by atoms with Crippen LogP contribution in [0.25, 0.3) is 11.1 Å². The third-order valence-electron chi connectivity index (χ3n) is 8.11. The van der Waals surface area contributed by atoms with Crippen LogP contribution in [0.5, 0.6) is 0 Å². The second-order valence-electron chi connectivity index (χ2n) is 13.2. The van der Waals surface area contributed by atoms with Crippen molar-refractivity contribution in [2.24, 2.45) is 11.8 Å². The Labute approximate surface area is 287 Å². The molecule has 0 aliphatic carbocycles. The van der Waals surface area contributed by atoms with Gasteiger partial charge in [-0.3, -0.25) is 14.4 Å². The maximum atomic E-state index is 13.8. The lowest BCUT2D eigenvalue weighted by Crippen LogP contribution is -2.39. The Morgan fingerprint density at radius 1 is 0.917 bits per heavy atom. The van der Waals surface area contributed by atoms with Crippen LogP contribution in [0.15, 0.2) is 83.8 Å². The minimum absolute atomic E-state index is 0.0364. The van der Waals surface area contributed by atoms with Crippen molar-refractivity contribution >= 4 is 39.5 Å². The third kappa shape index (κ3) is 9.99. The summed E-state index contributed by atoms with van der Waals surface area (Å²) in [7, 11) is -3.97. The van der Waals surface area contributed by atoms with E-state index in [1.165, 1.54) is 28.2 Å². The Morgan fingerprint density at radius 3 is 2.15 bits per heavy atom. The molecule has 3 atom stereocenters. The first-order valence-electron chi connectivity index (χ1n) is 16.1. The third-order valence-corrected chi connectivity index (χ3v) is 11.4. The summed E-state index contributed by atoms with van der Waals surface area (Å²) in [6, 6.07) is 22.0. The number of carbonyl (C=O) groups is 3. The molecule has 8 nitrogen and oxygen atoms in total. The first-order chi connectivity index (χ1) is 22.7. The van der Waals surface area contributed by atoms with Crippen molar-refractivity contribution in [2.75, 3.05) is 18.9 Å². The van der Waals surface area contributed by atoms with Crippen LogP contribution in [0.2, 0.25) is 0 Å². The highest BCUT2D eigenvalue weighted by Crippen LogP contribution is 2.35. The van der Waals surface area contributed by atoms with Gasteiger partial charge in [-0.15, -0.1) is 11.8 Å². The van der Waals surface area contributed by atoms with Crippen molar-refractivity contribution in [1.29, 1.82) is 0 Å². The van der Waals surface area contributed by atoms with E-state index in [9.17, 15) is 27.2 Å². The highest BCUT2D eigenvalue weighted by atomic mass is 32.2. The number of carbonyl (C=O) groups excluding carboxylic acids is 3. The van der Waals surface area contributed by atoms with Gasteiger partial charge in [-0.05, 0) is 80.0 Å². The van der Waals surface area contributed by atoms with Crippen LogP contribution in [0, 0.1) is 17.7 Å². The molecule has 4 rings (SSSR count). The summed E-state index contributed by atoms with van der Waals surface area (Å²) in [5.74, 6) is -2.64. The molecule has 0 aromatic heterocycles. The van der Waals surface area contributed by atoms with Crippen molar-refractivity contribution in [1.82, 2.24) is 4.31 Å². The number of Topliss-reactive ketones (excluding diaryl/α,β-unsaturated/α-hetero) is 1. The summed E-state index contributed by atoms with van der Waals surface area (Å²) in [5.41, 5.74) is 1.83. The maximum absolute atomic E-state index is 13.8. The molecule has 258 valence electrons. The largest absolute Gasteiger partial charge is 0.465 e. The molecule has 0 spiro atoms. The van der Waals surface area contributed by atoms with Crippen LogP contribution in [0.1, 0.15) is 65.4 Å². The predicted molar refractivity (Wildman–Crippen MR) is 185 cm³/mol. The highest BCUT2D eigenvalue weighted by Gasteiger charge is 2.40. The van der Waals surface area contributed by atoms with Gasteiger partial charge in [0.25, 0.3) is 0 Å². The number of hydrogen-bond acceptors (Lipinski definition) is 8. The molecule has 1 aliphatic heterocycles. The van der Waals surface area contributed by atoms with Crippen LogP contribution in [-0.2, 0) is 33.9 Å². The van der Waals surface area contributed by atoms with E-state index >= 15 is 0 Å². The molecule has 0 N–H and O–H groups in total. The number of ether oxygens (including phenoxy) is 2. The number of benzene rings is 3. The molecule has 3 aromatic rings. The Kier molecular flexibility index (Phi) is 12.6. The standard InChI is InChI=1S/C37H44FNO7S2/c1-25(2)32(24-34(41)46-37(3,4)5)36(42)45-21-19-29(28-11-15-30(38)16-12-28)23-33(40)35-39(20-22-47-35)48(43,44)31-17-13-27(14-18-31)26-9-7-6-8-10-26/h6-18,25,29,32,35H,19-24H2,1-5H3/t29?,32-,35-/m0/s1. The van der Waals surface area contributed by atoms with Gasteiger partial charge in [0.2, 0.25) is 10.0 Å². The molecule has 1 fully saturated rings. The average molecular weight is 698 g/mol. The molecule has 1 saturated heterocycles. The van der Waals surface area contributed by atoms with Crippen molar-refractivity contribution < 1.29 is 36.7 Å². The summed E-state index contributed by atoms with van der Waals surface area (Å²) >= 11 is 1.27. The van der Waals surface area contributed by atoms with Gasteiger partial charge in [-0.25, -0.2) is 12.8 Å². The molecular weight excluding hydrogens is 654 g/mol. The van der Waals surface area contributed by atoms with Crippen molar-refractivity contribution in [3.05, 3.63) is 90.2 Å². The van der Waals surface area contributed by atoms with Gasteiger partial charge in [-0.1, -0.05) is 68.4 Å². The van der Waals surface area contributed by atoms with E-state index in [-0.39, 0.29) is 49.0 Å². The number of thioether (sulfide) groups is 1. The number of rotatable bonds is 14. The first kappa shape index (κ1) is 37.3. The quantitative estimate of drug-likeness (QED) is 0.162. The van der Waals surface area contributed by atoms with Gasteiger partial charge in [0.05, 0.1) is 23.8 Å². The van der Waals surface area contributed by atoms with E-state index in [1.54, 1.807) is 57.2 Å². The molecule has 1 heterocycles. The van der Waals surface area contributed by atoms with Crippen LogP contribution in [0.3, 0.4) is 0 Å². The smallest absolute Gasteiger partial charge is 0.309 e. The summed E-state index contributed by atoms with van der Waals surface area (Å²) < 4.78 is 53.5. The van der Waals surface area contributed by atoms with Crippen molar-refractivity contribution in [2.45, 2.75) is 75.7 Å². The topological polar surface area (TPSA) is 107 Å². The second kappa shape index (κ2) is 16.2. The molecule has 0 amide bonds. The van der Waals surface area contributed by atoms with Crippen LogP contribution >= 0.6 is 11.8 Å². The van der Waals surface area contributed by atoms with Gasteiger partial charge < -0.3 is 9.47 Å². The minimum Gasteiger partial charge on any atom is -0.465 e. The Balaban J connectivity index is 1.45. The summed E-state index contributed by atoms with van der Waals surface area (Å²) in [4.78, 5) is 39.4. The first-order valence-corrected chi connectivity index (χ1v) is 18.6. The molecule has 0 bridgehead atoms. The summed E-state index contributed by atoms with van der Waals surface area (Å²) in [6.45, 7) is 9.07. The van der Waals surface area contributed by atoms with E-state index in [2.05, 4.69) is 0 Å². The van der Waals surface area contributed by atoms with Gasteiger partial charge in [0.15, 0.2) is 5.78 Å². The van der Waals surface area contributed by atoms with Crippen LogP contribution in [0.4, 0.5) is 4.39 Å². The maximum Gasteiger partial charge on any atom is 0.309 e. The lowest BCUT2D eigenvalue weighted by molar-refractivity contribution is -0.163. The van der Waals surface area contributed by atoms with E-state index in [0.29, 0.717) is 11.3 Å². The van der Waals surface area contributed by atoms with E-state index < -0.39 is 50.6 Å². The molecule has 11 heteroatoms. The fourth-order valence-electron chi connectivity index (χ4n) is 5.57. The number of halogens is 1. The minimum atomic E-state index is -3.97. The second-order valence-corrected chi connectivity index (χ2v) is 16.3. The molecule has 1 aliphatic rings. The number of nitrogens with zero attached hydrogens (tertiary/aromatic N) is 1. The zero-order valence-corrected chi connectivity index (χ0v) is 29.7. The predicted octanol–water partition coefficient (Wildman–Crippen LogP) is 7.24. The Hall–Kier alpha value is -3.54. The van der Waals surface area contributed by atoms with E-state index in [0.717, 1.165) is 11.1 Å². The Bertz CT molecular complexity index is 1650. The lowest BCUT2D eigenvalue weighted by atomic mass is 9.90. The monoisotopic (exact) mass is 697 g/mol. The highest BCUT2D eigenvalue weighted by molar-refractivity contribution is 8.02. The van der Waals surface area contributed by atoms with Gasteiger partial charge >= 0.3 is 11.9 Å². The average Bonchev–Trinajstić information content (AvgIpc) is 3.55. The van der Waals surface area contributed by atoms with E-state index in [4.69, 9.17) is 9.47 Å². The SMILES string of the molecule is CC(C)[C@H](CC(=O)OC(C)(C)C)C(=O)OCCC(CC(=O)[C@@H]1SCCN1S(=O)(=O)c1ccc(-c2ccccc2)cc1)c1ccc(F)cc1. The summed E-state index contributed by atoms with van der Waals surface area (Å²) in [5, 5.41) is -0.923. The number of esters is 2. The molecule has 0 radical (unpaired) electrons. The van der Waals surface area contributed by atoms with Gasteiger partial charge in [0, 0.05) is 18.7 Å². The molecule has 0 saturated carbocycles. The number of sulfonamides is 1. The van der Waals surface area contributed by atoms with E-state index in [1.807, 2.05) is 44.2 Å². The molecule has 1 unspecified atom stereocenters. The fraction of sp³-hybridized carbons (Fsp3) is 0.432. The number of hydrogen-bond donors (Lipinski definition) is 0. The fourth-order valence-corrected chi connectivity index (χ4v) is 8.74. The molecular formula is C37H44FNO7S2.